The van der Waals surface area contributed by atoms with Crippen molar-refractivity contribution in [1.29, 1.82) is 0 Å². The first-order valence-corrected chi connectivity index (χ1v) is 10.0. The summed E-state index contributed by atoms with van der Waals surface area (Å²) in [6.45, 7) is 2.29. The zero-order valence-electron chi connectivity index (χ0n) is 15.9. The molecule has 8 heteroatoms. The van der Waals surface area contributed by atoms with Crippen LogP contribution in [0, 0.1) is 5.92 Å². The largest absolute Gasteiger partial charge is 0.506 e. The molecule has 7 nitrogen and oxygen atoms in total. The summed E-state index contributed by atoms with van der Waals surface area (Å²) in [5.74, 6) is 1.44. The molecule has 2 aromatic carbocycles. The fraction of sp³-hybridized carbons (Fsp3) is 0.333. The summed E-state index contributed by atoms with van der Waals surface area (Å²) in [6, 6.07) is 12.6. The lowest BCUT2D eigenvalue weighted by molar-refractivity contribution is -0.121. The number of anilines is 1. The Morgan fingerprint density at radius 2 is 1.90 bits per heavy atom. The summed E-state index contributed by atoms with van der Waals surface area (Å²) < 4.78 is 10.7. The van der Waals surface area contributed by atoms with Gasteiger partial charge in [-0.05, 0) is 54.9 Å². The Morgan fingerprint density at radius 1 is 1.14 bits per heavy atom. The van der Waals surface area contributed by atoms with Crippen molar-refractivity contribution in [3.05, 3.63) is 48.0 Å². The number of phenols is 1. The number of likely N-dealkylation sites (tertiary alicyclic amines) is 1. The van der Waals surface area contributed by atoms with Crippen LogP contribution in [0.25, 0.3) is 0 Å². The first-order chi connectivity index (χ1) is 14.1. The number of para-hydroxylation sites is 2. The molecular formula is C21H23N3O4S. The van der Waals surface area contributed by atoms with E-state index in [4.69, 9.17) is 21.7 Å². The standard InChI is InChI=1S/C21H23N3O4S/c25-17-4-2-1-3-16(17)23-20(26)15-7-9-24(10-8-15)21(29)22-12-14-5-6-18-19(11-14)28-13-27-18/h1-6,11,15,25H,7-10,12-13H2,(H,22,29)(H,23,26). The van der Waals surface area contributed by atoms with Gasteiger partial charge in [-0.2, -0.15) is 0 Å². The molecule has 1 saturated heterocycles. The van der Waals surface area contributed by atoms with Gasteiger partial charge in [0.2, 0.25) is 12.7 Å². The van der Waals surface area contributed by atoms with E-state index in [2.05, 4.69) is 15.5 Å². The summed E-state index contributed by atoms with van der Waals surface area (Å²) in [5.41, 5.74) is 1.51. The number of phenolic OH excluding ortho intramolecular Hbond substituents is 1. The SMILES string of the molecule is O=C(Nc1ccccc1O)C1CCN(C(=S)NCc2ccc3c(c2)OCO3)CC1. The Bertz CT molecular complexity index is 913. The van der Waals surface area contributed by atoms with Crippen molar-refractivity contribution in [1.82, 2.24) is 10.2 Å². The molecule has 2 aliphatic heterocycles. The van der Waals surface area contributed by atoms with Crippen LogP contribution in [0.4, 0.5) is 5.69 Å². The number of piperidine rings is 1. The zero-order chi connectivity index (χ0) is 20.2. The van der Waals surface area contributed by atoms with Gasteiger partial charge in [-0.15, -0.1) is 0 Å². The number of nitrogens with zero attached hydrogens (tertiary/aromatic N) is 1. The van der Waals surface area contributed by atoms with Gasteiger partial charge in [-0.3, -0.25) is 4.79 Å². The van der Waals surface area contributed by atoms with E-state index in [0.29, 0.717) is 43.3 Å². The molecule has 0 spiro atoms. The summed E-state index contributed by atoms with van der Waals surface area (Å²) in [7, 11) is 0. The number of ether oxygens (including phenoxy) is 2. The molecule has 2 heterocycles. The van der Waals surface area contributed by atoms with Crippen LogP contribution in [0.2, 0.25) is 0 Å². The number of benzene rings is 2. The van der Waals surface area contributed by atoms with Gasteiger partial charge in [0.15, 0.2) is 16.6 Å². The summed E-state index contributed by atoms with van der Waals surface area (Å²) in [4.78, 5) is 14.6. The van der Waals surface area contributed by atoms with Crippen LogP contribution in [0.3, 0.4) is 0 Å². The number of fused-ring (bicyclic) bond motifs is 1. The molecular weight excluding hydrogens is 390 g/mol. The lowest BCUT2D eigenvalue weighted by atomic mass is 9.96. The lowest BCUT2D eigenvalue weighted by Crippen LogP contribution is -2.45. The van der Waals surface area contributed by atoms with Crippen LogP contribution in [0.5, 0.6) is 17.2 Å². The minimum atomic E-state index is -0.0949. The molecule has 0 aliphatic carbocycles. The highest BCUT2D eigenvalue weighted by Gasteiger charge is 2.26. The van der Waals surface area contributed by atoms with Crippen molar-refractivity contribution >= 4 is 28.9 Å². The molecule has 0 bridgehead atoms. The van der Waals surface area contributed by atoms with E-state index in [9.17, 15) is 9.90 Å². The second-order valence-electron chi connectivity index (χ2n) is 7.11. The molecule has 0 radical (unpaired) electrons. The minimum Gasteiger partial charge on any atom is -0.506 e. The Balaban J connectivity index is 1.24. The van der Waals surface area contributed by atoms with Gasteiger partial charge in [-0.25, -0.2) is 0 Å². The molecule has 29 heavy (non-hydrogen) atoms. The number of thiocarbonyl (C=S) groups is 1. The van der Waals surface area contributed by atoms with Crippen LogP contribution < -0.4 is 20.1 Å². The highest BCUT2D eigenvalue weighted by atomic mass is 32.1. The topological polar surface area (TPSA) is 83.1 Å². The quantitative estimate of drug-likeness (QED) is 0.525. The molecule has 0 unspecified atom stereocenters. The van der Waals surface area contributed by atoms with Crippen molar-refractivity contribution < 1.29 is 19.4 Å². The Hall–Kier alpha value is -3.00. The van der Waals surface area contributed by atoms with Crippen molar-refractivity contribution in [2.45, 2.75) is 19.4 Å². The molecule has 2 aromatic rings. The molecule has 1 amide bonds. The molecule has 0 aromatic heterocycles. The molecule has 4 rings (SSSR count). The normalized spacial score (nSPS) is 15.8. The Morgan fingerprint density at radius 3 is 2.69 bits per heavy atom. The van der Waals surface area contributed by atoms with Crippen LogP contribution >= 0.6 is 12.2 Å². The first kappa shape index (κ1) is 19.3. The third kappa shape index (κ3) is 4.54. The Kier molecular flexibility index (Phi) is 5.71. The van der Waals surface area contributed by atoms with Crippen molar-refractivity contribution in [3.63, 3.8) is 0 Å². The fourth-order valence-corrected chi connectivity index (χ4v) is 3.75. The van der Waals surface area contributed by atoms with Crippen LogP contribution in [-0.4, -0.2) is 40.9 Å². The number of amides is 1. The molecule has 152 valence electrons. The highest BCUT2D eigenvalue weighted by molar-refractivity contribution is 7.80. The molecule has 0 atom stereocenters. The molecule has 3 N–H and O–H groups in total. The van der Waals surface area contributed by atoms with E-state index >= 15 is 0 Å². The third-order valence-electron chi connectivity index (χ3n) is 5.20. The number of aromatic hydroxyl groups is 1. The highest BCUT2D eigenvalue weighted by Crippen LogP contribution is 2.32. The van der Waals surface area contributed by atoms with E-state index in [0.717, 1.165) is 17.1 Å². The maximum absolute atomic E-state index is 12.5. The van der Waals surface area contributed by atoms with Gasteiger partial charge in [0, 0.05) is 25.6 Å². The minimum absolute atomic E-state index is 0.0645. The number of carbonyl (C=O) groups is 1. The number of hydrogen-bond donors (Lipinski definition) is 3. The van der Waals surface area contributed by atoms with E-state index in [1.165, 1.54) is 0 Å². The molecule has 0 saturated carbocycles. The second-order valence-corrected chi connectivity index (χ2v) is 7.50. The average molecular weight is 413 g/mol. The number of carbonyl (C=O) groups excluding carboxylic acids is 1. The van der Waals surface area contributed by atoms with Crippen molar-refractivity contribution in [3.8, 4) is 17.2 Å². The van der Waals surface area contributed by atoms with Crippen LogP contribution in [0.15, 0.2) is 42.5 Å². The lowest BCUT2D eigenvalue weighted by Gasteiger charge is -2.33. The van der Waals surface area contributed by atoms with Gasteiger partial charge in [0.05, 0.1) is 5.69 Å². The maximum Gasteiger partial charge on any atom is 0.231 e. The fourth-order valence-electron chi connectivity index (χ4n) is 3.50. The zero-order valence-corrected chi connectivity index (χ0v) is 16.7. The molecule has 1 fully saturated rings. The smallest absolute Gasteiger partial charge is 0.231 e. The second kappa shape index (κ2) is 8.57. The predicted octanol–water partition coefficient (Wildman–Crippen LogP) is 2.85. The van der Waals surface area contributed by atoms with Crippen molar-refractivity contribution in [2.24, 2.45) is 5.92 Å². The summed E-state index contributed by atoms with van der Waals surface area (Å²) in [5, 5.41) is 16.6. The first-order valence-electron chi connectivity index (χ1n) is 9.60. The van der Waals surface area contributed by atoms with Gasteiger partial charge in [-0.1, -0.05) is 18.2 Å². The van der Waals surface area contributed by atoms with E-state index in [-0.39, 0.29) is 24.4 Å². The third-order valence-corrected chi connectivity index (χ3v) is 5.60. The monoisotopic (exact) mass is 413 g/mol. The van der Waals surface area contributed by atoms with E-state index in [1.54, 1.807) is 24.3 Å². The van der Waals surface area contributed by atoms with Gasteiger partial charge in [0.1, 0.15) is 5.75 Å². The molecule has 2 aliphatic rings. The van der Waals surface area contributed by atoms with E-state index in [1.807, 2.05) is 18.2 Å². The van der Waals surface area contributed by atoms with Gasteiger partial charge in [0.25, 0.3) is 0 Å². The Labute approximate surface area is 174 Å². The number of hydrogen-bond acceptors (Lipinski definition) is 5. The van der Waals surface area contributed by atoms with Crippen LogP contribution in [-0.2, 0) is 11.3 Å². The van der Waals surface area contributed by atoms with E-state index < -0.39 is 0 Å². The maximum atomic E-state index is 12.5. The number of rotatable bonds is 4. The van der Waals surface area contributed by atoms with Crippen LogP contribution in [0.1, 0.15) is 18.4 Å². The van der Waals surface area contributed by atoms with Gasteiger partial charge >= 0.3 is 0 Å². The summed E-state index contributed by atoms with van der Waals surface area (Å²) >= 11 is 5.52. The van der Waals surface area contributed by atoms with Crippen molar-refractivity contribution in [2.75, 3.05) is 25.2 Å². The number of nitrogens with one attached hydrogen (secondary N) is 2. The van der Waals surface area contributed by atoms with Gasteiger partial charge < -0.3 is 30.1 Å². The predicted molar refractivity (Wildman–Crippen MR) is 113 cm³/mol. The summed E-state index contributed by atoms with van der Waals surface area (Å²) in [6.07, 6.45) is 1.43. The average Bonchev–Trinajstić information content (AvgIpc) is 3.21.